The molecule has 2 fully saturated rings. The molecule has 0 spiro atoms. The fourth-order valence-corrected chi connectivity index (χ4v) is 10.6. The molecule has 0 aliphatic carbocycles. The van der Waals surface area contributed by atoms with Gasteiger partial charge in [-0.05, 0) is 0 Å². The Labute approximate surface area is 917 Å². The molecule has 0 saturated carbocycles. The Hall–Kier alpha value is 14.8. The molecule has 454 valence electrons. The molecule has 46 nitrogen and oxygen atoms in total. The standard InChI is InChI=1S/C20H38O46S10.10K/c1-51-11(9(59-69(27,28)29)3-53-19-17(65-75(45,46)47)15(63-73(39,40)41)13(61-71(33,34)35)7(57-19)5-55-67(21,22)23)12(52-2)10(60-70(30,31)32)4-54-20-18(66-76(48,49)50)16(64-74(42,43)44)14(62-72(36,37)38)8(58-20)6-56-68(24,25)26;;;;;;;;;;/h7-20H,3-6H2,1-2H3,(H,21,22,23)(H,24,25,26)(H,27,28,29)(H,30,31,32)(H,33,34,35)(H,36,37,38)(H,39,40,41)(H,42,43,44)(H,45,46,47)(H,48,49,50);;;;;;;;;;/q;10*+1/p-10/t7-,8-,9-,10-,11-,12-,13-,14-,15+,16+,17-,18-,19-,20-;;;;;;;;;;/m1........../s1. The van der Waals surface area contributed by atoms with Gasteiger partial charge in [0.05, 0.1) is 26.4 Å². The van der Waals surface area contributed by atoms with Gasteiger partial charge < -0.3 is 73.9 Å². The van der Waals surface area contributed by atoms with Gasteiger partial charge in [-0.25, -0.2) is 84.2 Å². The monoisotopic (exact) mass is 1710 g/mol. The molecule has 0 aromatic carbocycles. The maximum absolute atomic E-state index is 12.0. The Morgan fingerprint density at radius 3 is 0.709 bits per heavy atom. The maximum atomic E-state index is 12.0. The van der Waals surface area contributed by atoms with E-state index in [-0.39, 0.29) is 514 Å². The number of rotatable bonds is 33. The van der Waals surface area contributed by atoms with Gasteiger partial charge in [-0.1, -0.05) is 0 Å². The van der Waals surface area contributed by atoms with E-state index < -0.39 is 216 Å². The van der Waals surface area contributed by atoms with Crippen molar-refractivity contribution in [3.8, 4) is 0 Å². The molecule has 2 heterocycles. The third kappa shape index (κ3) is 53.6. The van der Waals surface area contributed by atoms with Crippen molar-refractivity contribution in [1.82, 2.24) is 0 Å². The van der Waals surface area contributed by atoms with Crippen LogP contribution in [0.5, 0.6) is 0 Å². The third-order valence-electron chi connectivity index (χ3n) is 8.24. The van der Waals surface area contributed by atoms with E-state index in [2.05, 4.69) is 41.8 Å². The van der Waals surface area contributed by atoms with Crippen LogP contribution in [0.1, 0.15) is 0 Å². The SMILES string of the molecule is CO[C@@H]([C@H](OC)[C@@H](CO[C@@H]1O[C@H](COS(=O)(=O)[O-])[C@@H](OS(=O)(=O)[O-])[C@H](OS(=O)(=O)[O-])[C@H]1OS(=O)(=O)[O-])OS(=O)(=O)[O-])[C@@H](CO[C@@H]1O[C@H](COS(=O)(=O)[O-])[C@@H](OS(=O)(=O)[O-])[C@H](OS(=O)(=O)[O-])[C@H]1OS(=O)(=O)[O-])OS(=O)(=O)[O-].[K+].[K+].[K+].[K+].[K+].[K+].[K+].[K+].[K+].[K+]. The summed E-state index contributed by atoms with van der Waals surface area (Å²) in [4.78, 5) is 0. The van der Waals surface area contributed by atoms with Crippen LogP contribution in [-0.2, 0) is 174 Å². The van der Waals surface area contributed by atoms with Crippen molar-refractivity contribution in [3.63, 3.8) is 0 Å². The van der Waals surface area contributed by atoms with Crippen molar-refractivity contribution >= 4 is 104 Å². The molecular weight excluding hydrogens is 1690 g/mol. The number of methoxy groups -OCH3 is 2. The summed E-state index contributed by atoms with van der Waals surface area (Å²) in [6.45, 7) is -8.15. The third-order valence-corrected chi connectivity index (χ3v) is 12.8. The summed E-state index contributed by atoms with van der Waals surface area (Å²) in [5.41, 5.74) is 0. The van der Waals surface area contributed by atoms with Gasteiger partial charge in [0.2, 0.25) is 104 Å². The van der Waals surface area contributed by atoms with Crippen molar-refractivity contribution < 1.29 is 714 Å². The van der Waals surface area contributed by atoms with Crippen molar-refractivity contribution in [1.29, 1.82) is 0 Å². The first-order valence-corrected chi connectivity index (χ1v) is 31.0. The summed E-state index contributed by atoms with van der Waals surface area (Å²) in [6.07, 6.45) is -44.5. The first-order valence-electron chi connectivity index (χ1n) is 17.7. The van der Waals surface area contributed by atoms with E-state index in [0.29, 0.717) is 14.2 Å². The predicted molar refractivity (Wildman–Crippen MR) is 199 cm³/mol. The van der Waals surface area contributed by atoms with Crippen LogP contribution >= 0.6 is 0 Å². The first-order chi connectivity index (χ1) is 33.8. The molecule has 66 heteroatoms. The van der Waals surface area contributed by atoms with Gasteiger partial charge in [-0.2, -0.15) is 0 Å². The van der Waals surface area contributed by atoms with Crippen molar-refractivity contribution in [2.45, 2.75) is 85.8 Å². The molecule has 0 unspecified atom stereocenters. The molecule has 2 saturated heterocycles. The zero-order chi connectivity index (χ0) is 59.2. The molecule has 0 aromatic heterocycles. The zero-order valence-electron chi connectivity index (χ0n) is 45.8. The molecule has 0 amide bonds. The molecule has 0 N–H and O–H groups in total. The molecule has 0 aromatic rings. The molecule has 14 atom stereocenters. The minimum atomic E-state index is -6.48. The summed E-state index contributed by atoms with van der Waals surface area (Å²) in [7, 11) is -62.7. The average molecular weight is 1720 g/mol. The summed E-state index contributed by atoms with van der Waals surface area (Å²) >= 11 is 0. The summed E-state index contributed by atoms with van der Waals surface area (Å²) in [5.74, 6) is 0. The minimum absolute atomic E-state index is 0. The van der Waals surface area contributed by atoms with Crippen LogP contribution in [0.2, 0.25) is 0 Å². The second kappa shape index (κ2) is 52.1. The summed E-state index contributed by atoms with van der Waals surface area (Å²) in [6, 6.07) is 0. The van der Waals surface area contributed by atoms with Crippen LogP contribution < -0.4 is 514 Å². The van der Waals surface area contributed by atoms with E-state index >= 15 is 0 Å². The molecular formula is C20H28K10O46S10. The molecule has 0 radical (unpaired) electrons. The van der Waals surface area contributed by atoms with E-state index in [9.17, 15) is 130 Å². The van der Waals surface area contributed by atoms with Crippen LogP contribution in [0.15, 0.2) is 0 Å². The molecule has 86 heavy (non-hydrogen) atoms. The van der Waals surface area contributed by atoms with Crippen molar-refractivity contribution in [2.24, 2.45) is 0 Å². The number of ether oxygens (including phenoxy) is 6. The van der Waals surface area contributed by atoms with E-state index in [1.165, 1.54) is 0 Å². The second-order valence-electron chi connectivity index (χ2n) is 13.4. The normalized spacial score (nSPS) is 24.6. The maximum Gasteiger partial charge on any atom is 1.00 e. The summed E-state index contributed by atoms with van der Waals surface area (Å²) in [5, 5.41) is 0. The molecule has 2 rings (SSSR count). The Balaban J connectivity index is -0.000000847. The van der Waals surface area contributed by atoms with E-state index in [1.54, 1.807) is 0 Å². The quantitative estimate of drug-likeness (QED) is 0.0334. The smallest absolute Gasteiger partial charge is 0.726 e. The Morgan fingerprint density at radius 1 is 0.314 bits per heavy atom. The van der Waals surface area contributed by atoms with Crippen LogP contribution in [0.3, 0.4) is 0 Å². The van der Waals surface area contributed by atoms with Gasteiger partial charge in [0.15, 0.2) is 24.8 Å². The fraction of sp³-hybridized carbons (Fsp3) is 1.00. The number of hydrogen-bond acceptors (Lipinski definition) is 46. The summed E-state index contributed by atoms with van der Waals surface area (Å²) < 4.78 is 419. The van der Waals surface area contributed by atoms with Gasteiger partial charge in [-0.3, -0.25) is 41.8 Å². The predicted octanol–water partition coefficient (Wildman–Crippen LogP) is -41.7. The Kier molecular flexibility index (Phi) is 72.2. The topological polar surface area (TPSA) is 720 Å². The molecule has 0 bridgehead atoms. The largest absolute Gasteiger partial charge is 1.00 e. The van der Waals surface area contributed by atoms with Crippen LogP contribution in [0.4, 0.5) is 0 Å². The average Bonchev–Trinajstić information content (AvgIpc) is 3.15. The van der Waals surface area contributed by atoms with E-state index in [0.717, 1.165) is 0 Å². The van der Waals surface area contributed by atoms with Crippen LogP contribution in [-0.4, -0.2) is 256 Å². The fourth-order valence-electron chi connectivity index (χ4n) is 6.10. The van der Waals surface area contributed by atoms with E-state index in [1.807, 2.05) is 0 Å². The van der Waals surface area contributed by atoms with Crippen LogP contribution in [0, 0.1) is 0 Å². The van der Waals surface area contributed by atoms with Gasteiger partial charge in [0.25, 0.3) is 0 Å². The van der Waals surface area contributed by atoms with Gasteiger partial charge in [0.1, 0.15) is 61.0 Å². The van der Waals surface area contributed by atoms with Crippen molar-refractivity contribution in [2.75, 3.05) is 40.6 Å². The van der Waals surface area contributed by atoms with Crippen LogP contribution in [0.25, 0.3) is 0 Å². The van der Waals surface area contributed by atoms with Gasteiger partial charge >= 0.3 is 514 Å². The van der Waals surface area contributed by atoms with Gasteiger partial charge in [0, 0.05) is 14.2 Å². The second-order valence-corrected chi connectivity index (χ2v) is 23.6. The number of hydrogen-bond donors (Lipinski definition) is 0. The first kappa shape index (κ1) is 119. The molecule has 2 aliphatic heterocycles. The minimum Gasteiger partial charge on any atom is -0.726 e. The van der Waals surface area contributed by atoms with E-state index in [4.69, 9.17) is 28.4 Å². The van der Waals surface area contributed by atoms with Crippen molar-refractivity contribution in [3.05, 3.63) is 0 Å². The molecule has 2 aliphatic rings. The zero-order valence-corrected chi connectivity index (χ0v) is 85.2. The Bertz CT molecular complexity index is 2950. The van der Waals surface area contributed by atoms with Gasteiger partial charge in [-0.15, -0.1) is 0 Å². The Morgan fingerprint density at radius 2 is 0.523 bits per heavy atom.